The molecule has 0 saturated heterocycles. The van der Waals surface area contributed by atoms with Crippen LogP contribution in [0, 0.1) is 13.8 Å². The zero-order valence-electron chi connectivity index (χ0n) is 23.1. The van der Waals surface area contributed by atoms with Gasteiger partial charge >= 0.3 is 5.97 Å². The van der Waals surface area contributed by atoms with Gasteiger partial charge in [0.25, 0.3) is 0 Å². The number of aromatic nitrogens is 4. The molecule has 2 aromatic carbocycles. The van der Waals surface area contributed by atoms with E-state index in [1.165, 1.54) is 0 Å². The molecule has 1 aliphatic rings. The summed E-state index contributed by atoms with van der Waals surface area (Å²) in [4.78, 5) is 16.6. The molecule has 10 nitrogen and oxygen atoms in total. The first-order valence-corrected chi connectivity index (χ1v) is 14.9. The molecule has 40 heavy (non-hydrogen) atoms. The van der Waals surface area contributed by atoms with E-state index in [0.29, 0.717) is 19.5 Å². The zero-order valence-corrected chi connectivity index (χ0v) is 23.9. The van der Waals surface area contributed by atoms with Crippen molar-refractivity contribution in [3.63, 3.8) is 0 Å². The van der Waals surface area contributed by atoms with Gasteiger partial charge in [0, 0.05) is 25.2 Å². The highest BCUT2D eigenvalue weighted by atomic mass is 32.3. The monoisotopic (exact) mass is 565 g/mol. The summed E-state index contributed by atoms with van der Waals surface area (Å²) in [6, 6.07) is 13.1. The van der Waals surface area contributed by atoms with Crippen molar-refractivity contribution in [2.75, 3.05) is 6.54 Å². The van der Waals surface area contributed by atoms with E-state index in [-0.39, 0.29) is 29.8 Å². The summed E-state index contributed by atoms with van der Waals surface area (Å²) in [6.07, 6.45) is 1.89. The maximum absolute atomic E-state index is 12.0. The third kappa shape index (κ3) is 5.17. The number of nitrogens with zero attached hydrogens (tertiary/aromatic N) is 5. The smallest absolute Gasteiger partial charge is 0.304 e. The molecule has 2 atom stereocenters. The molecule has 0 spiro atoms. The zero-order chi connectivity index (χ0) is 28.6. The van der Waals surface area contributed by atoms with Gasteiger partial charge in [-0.25, -0.2) is 9.67 Å². The van der Waals surface area contributed by atoms with Crippen molar-refractivity contribution >= 4 is 27.8 Å². The Morgan fingerprint density at radius 1 is 1.18 bits per heavy atom. The van der Waals surface area contributed by atoms with E-state index in [2.05, 4.69) is 15.3 Å². The number of ether oxygens (including phenoxy) is 1. The number of hydrogen-bond donors (Lipinski definition) is 3. The molecule has 0 aliphatic carbocycles. The highest BCUT2D eigenvalue weighted by Gasteiger charge is 2.35. The Bertz CT molecular complexity index is 1560. The quantitative estimate of drug-likeness (QED) is 0.243. The first-order chi connectivity index (χ1) is 19.1. The van der Waals surface area contributed by atoms with Crippen molar-refractivity contribution < 1.29 is 23.7 Å². The summed E-state index contributed by atoms with van der Waals surface area (Å²) in [7, 11) is -3.38. The largest absolute Gasteiger partial charge is 0.481 e. The molecule has 2 unspecified atom stereocenters. The molecule has 2 aromatic heterocycles. The Balaban J connectivity index is 1.55. The van der Waals surface area contributed by atoms with Crippen LogP contribution >= 0.6 is 10.8 Å². The van der Waals surface area contributed by atoms with Crippen molar-refractivity contribution in [1.29, 1.82) is 0 Å². The van der Waals surface area contributed by atoms with E-state index in [1.807, 2.05) is 62.7 Å². The number of aliphatic carboxylic acids is 1. The standard InChI is InChI=1S/C29H35N5O5S/c1-5-22-17-33(40(37,38)26-8-7-13-30-29(26)39-22)16-21-14-20(10-9-18(21)3)24(15-27(35)36)23-11-12-25-28(19(23)4)31-32-34(25)6-2/h7-14,22,24,37-38H,5-6,15-17H2,1-4H3,(H,35,36). The molecule has 0 amide bonds. The summed E-state index contributed by atoms with van der Waals surface area (Å²) in [5, 5.41) is 18.5. The molecular formula is C29H35N5O5S. The number of pyridine rings is 1. The molecular weight excluding hydrogens is 530 g/mol. The maximum Gasteiger partial charge on any atom is 0.304 e. The van der Waals surface area contributed by atoms with Gasteiger partial charge in [0.05, 0.1) is 18.5 Å². The lowest BCUT2D eigenvalue weighted by Gasteiger charge is -2.41. The molecule has 0 bridgehead atoms. The molecule has 0 radical (unpaired) electrons. The Morgan fingerprint density at radius 3 is 2.70 bits per heavy atom. The van der Waals surface area contributed by atoms with Gasteiger partial charge in [-0.2, -0.15) is 4.31 Å². The van der Waals surface area contributed by atoms with Crippen LogP contribution < -0.4 is 4.74 Å². The number of rotatable bonds is 8. The third-order valence-corrected chi connectivity index (χ3v) is 9.59. The van der Waals surface area contributed by atoms with Crippen molar-refractivity contribution in [2.24, 2.45) is 0 Å². The predicted molar refractivity (Wildman–Crippen MR) is 154 cm³/mol. The molecule has 1 aliphatic heterocycles. The summed E-state index contributed by atoms with van der Waals surface area (Å²) in [5.41, 5.74) is 6.15. The lowest BCUT2D eigenvalue weighted by Crippen LogP contribution is -2.34. The van der Waals surface area contributed by atoms with Crippen LogP contribution in [0.5, 0.6) is 5.88 Å². The Morgan fingerprint density at radius 2 is 1.98 bits per heavy atom. The summed E-state index contributed by atoms with van der Waals surface area (Å²) >= 11 is 0. The lowest BCUT2D eigenvalue weighted by molar-refractivity contribution is -0.137. The van der Waals surface area contributed by atoms with Crippen LogP contribution in [-0.2, 0) is 17.9 Å². The fourth-order valence-corrected chi connectivity index (χ4v) is 6.92. The van der Waals surface area contributed by atoms with E-state index in [9.17, 15) is 19.0 Å². The Kier molecular flexibility index (Phi) is 7.83. The fourth-order valence-electron chi connectivity index (χ4n) is 5.35. The van der Waals surface area contributed by atoms with Crippen molar-refractivity contribution in [3.05, 3.63) is 76.5 Å². The fraction of sp³-hybridized carbons (Fsp3) is 0.379. The van der Waals surface area contributed by atoms with Gasteiger partial charge in [-0.1, -0.05) is 36.4 Å². The lowest BCUT2D eigenvalue weighted by atomic mass is 9.84. The molecule has 0 saturated carbocycles. The van der Waals surface area contributed by atoms with Crippen LogP contribution in [0.2, 0.25) is 0 Å². The van der Waals surface area contributed by atoms with E-state index < -0.39 is 22.7 Å². The number of hydrogen-bond acceptors (Lipinski definition) is 8. The number of carbonyl (C=O) groups is 1. The molecule has 5 rings (SSSR count). The van der Waals surface area contributed by atoms with Crippen LogP contribution in [0.1, 0.15) is 60.4 Å². The molecule has 3 N–H and O–H groups in total. The van der Waals surface area contributed by atoms with Gasteiger partial charge in [0.2, 0.25) is 5.88 Å². The number of carboxylic acid groups (broad SMARTS) is 1. The van der Waals surface area contributed by atoms with Gasteiger partial charge in [0.15, 0.2) is 0 Å². The van der Waals surface area contributed by atoms with Crippen LogP contribution in [0.15, 0.2) is 53.6 Å². The van der Waals surface area contributed by atoms with Crippen LogP contribution in [0.25, 0.3) is 11.0 Å². The number of fused-ring (bicyclic) bond motifs is 2. The third-order valence-electron chi connectivity index (χ3n) is 7.69. The number of aryl methyl sites for hydroxylation is 3. The number of carboxylic acids is 1. The van der Waals surface area contributed by atoms with Crippen molar-refractivity contribution in [1.82, 2.24) is 24.3 Å². The minimum Gasteiger partial charge on any atom is -0.481 e. The number of benzene rings is 2. The first-order valence-electron chi connectivity index (χ1n) is 13.4. The molecule has 0 fully saturated rings. The molecule has 212 valence electrons. The second-order valence-electron chi connectivity index (χ2n) is 10.2. The van der Waals surface area contributed by atoms with Gasteiger partial charge in [-0.05, 0) is 73.2 Å². The minimum atomic E-state index is -3.38. The van der Waals surface area contributed by atoms with E-state index in [0.717, 1.165) is 38.9 Å². The molecule has 3 heterocycles. The van der Waals surface area contributed by atoms with Gasteiger partial charge in [-0.3, -0.25) is 13.9 Å². The van der Waals surface area contributed by atoms with Gasteiger partial charge < -0.3 is 9.84 Å². The van der Waals surface area contributed by atoms with Crippen LogP contribution in [-0.4, -0.2) is 57.1 Å². The van der Waals surface area contributed by atoms with E-state index >= 15 is 0 Å². The summed E-state index contributed by atoms with van der Waals surface area (Å²) < 4.78 is 32.4. The first kappa shape index (κ1) is 28.0. The second-order valence-corrected chi connectivity index (χ2v) is 12.2. The average molecular weight is 566 g/mol. The van der Waals surface area contributed by atoms with E-state index in [4.69, 9.17) is 4.74 Å². The summed E-state index contributed by atoms with van der Waals surface area (Å²) in [6.45, 7) is 9.16. The van der Waals surface area contributed by atoms with Crippen LogP contribution in [0.4, 0.5) is 0 Å². The highest BCUT2D eigenvalue weighted by molar-refractivity contribution is 8.22. The average Bonchev–Trinajstić information content (AvgIpc) is 3.32. The van der Waals surface area contributed by atoms with Crippen molar-refractivity contribution in [2.45, 2.75) is 70.5 Å². The SMILES string of the molecule is CCC1CN(Cc2cc(C(CC(=O)O)c3ccc4c(nnn4CC)c3C)ccc2C)S(O)(O)c2cccnc2O1. The minimum absolute atomic E-state index is 0.0968. The van der Waals surface area contributed by atoms with Gasteiger partial charge in [-0.15, -0.1) is 15.9 Å². The topological polar surface area (TPSA) is 134 Å². The molecule has 11 heteroatoms. The Labute approximate surface area is 235 Å². The van der Waals surface area contributed by atoms with Gasteiger partial charge in [0.1, 0.15) is 16.5 Å². The van der Waals surface area contributed by atoms with E-state index in [1.54, 1.807) is 22.6 Å². The second kappa shape index (κ2) is 11.2. The normalized spacial score (nSPS) is 18.5. The van der Waals surface area contributed by atoms with Crippen LogP contribution in [0.3, 0.4) is 0 Å². The molecule has 4 aromatic rings. The predicted octanol–water partition coefficient (Wildman–Crippen LogP) is 5.77. The highest BCUT2D eigenvalue weighted by Crippen LogP contribution is 2.57. The Hall–Kier alpha value is -3.51. The van der Waals surface area contributed by atoms with Crippen molar-refractivity contribution in [3.8, 4) is 5.88 Å². The maximum atomic E-state index is 12.0. The summed E-state index contributed by atoms with van der Waals surface area (Å²) in [5.74, 6) is -1.08.